The Balaban J connectivity index is 1.16. The molecular weight excluding hydrogens is 612 g/mol. The number of rotatable bonds is 5. The van der Waals surface area contributed by atoms with Gasteiger partial charge in [-0.05, 0) is 62.2 Å². The molecule has 4 aliphatic heterocycles. The van der Waals surface area contributed by atoms with Crippen molar-refractivity contribution >= 4 is 27.5 Å². The Labute approximate surface area is 268 Å². The van der Waals surface area contributed by atoms with E-state index in [1.54, 1.807) is 0 Å². The monoisotopic (exact) mass is 644 g/mol. The molecule has 4 aromatic rings. The molecule has 8 nitrogen and oxygen atoms in total. The van der Waals surface area contributed by atoms with Crippen LogP contribution in [0.5, 0.6) is 11.8 Å². The molecule has 5 aliphatic rings. The number of piperazine rings is 1. The topological polar surface area (TPSA) is 86.6 Å². The second-order valence-corrected chi connectivity index (χ2v) is 14.1. The average Bonchev–Trinajstić information content (AvgIpc) is 3.37. The summed E-state index contributed by atoms with van der Waals surface area (Å²) in [5.41, 5.74) is -1.71. The van der Waals surface area contributed by atoms with Crippen LogP contribution in [-0.4, -0.2) is 81.3 Å². The number of nitrogens with one attached hydrogen (secondary N) is 1. The predicted molar refractivity (Wildman–Crippen MR) is 168 cm³/mol. The lowest BCUT2D eigenvalue weighted by atomic mass is 9.89. The Bertz CT molecular complexity index is 2020. The highest BCUT2D eigenvalue weighted by molar-refractivity contribution is 6.03. The number of halogens is 4. The normalized spacial score (nSPS) is 29.1. The van der Waals surface area contributed by atoms with E-state index in [2.05, 4.69) is 31.0 Å². The van der Waals surface area contributed by atoms with Crippen LogP contribution >= 0.6 is 0 Å². The summed E-state index contributed by atoms with van der Waals surface area (Å²) in [6, 6.07) is 5.89. The van der Waals surface area contributed by atoms with Crippen molar-refractivity contribution in [1.82, 2.24) is 25.2 Å². The van der Waals surface area contributed by atoms with Crippen molar-refractivity contribution in [2.24, 2.45) is 5.41 Å². The van der Waals surface area contributed by atoms with Crippen LogP contribution in [0.25, 0.3) is 32.9 Å². The number of aromatic nitrogens is 3. The highest BCUT2D eigenvalue weighted by atomic mass is 19.3. The zero-order chi connectivity index (χ0) is 32.3. The first kappa shape index (κ1) is 29.0. The Morgan fingerprint density at radius 3 is 2.64 bits per heavy atom. The quantitative estimate of drug-likeness (QED) is 0.221. The third kappa shape index (κ3) is 4.32. The van der Waals surface area contributed by atoms with Gasteiger partial charge < -0.3 is 20.1 Å². The number of pyridine rings is 1. The van der Waals surface area contributed by atoms with Crippen LogP contribution in [-0.2, 0) is 0 Å². The maximum atomic E-state index is 16.8. The molecule has 2 N–H and O–H groups in total. The number of nitrogens with zero attached hydrogens (tertiary/aromatic N) is 5. The lowest BCUT2D eigenvalue weighted by Gasteiger charge is -2.34. The lowest BCUT2D eigenvalue weighted by Crippen LogP contribution is -2.51. The van der Waals surface area contributed by atoms with Crippen molar-refractivity contribution in [3.05, 3.63) is 47.7 Å². The predicted octanol–water partition coefficient (Wildman–Crippen LogP) is 5.39. The molecule has 0 radical (unpaired) electrons. The SMILES string of the molecule is C#Cc1c(F)ccc2cc(O)cc(-c3ncc4c(N5C[C@H]6CC[C@@H](C5)N6)nc(OC[C@]56CCCN5C[C@]5(CC5(F)F)C6)nc4c3F)c12. The molecule has 2 aromatic carbocycles. The number of hydrogen-bond acceptors (Lipinski definition) is 8. The van der Waals surface area contributed by atoms with Crippen LogP contribution in [0.15, 0.2) is 30.5 Å². The molecule has 0 amide bonds. The first-order chi connectivity index (χ1) is 22.6. The van der Waals surface area contributed by atoms with Gasteiger partial charge in [0.25, 0.3) is 5.92 Å². The maximum Gasteiger partial charge on any atom is 0.319 e. The van der Waals surface area contributed by atoms with Crippen LogP contribution in [0.1, 0.15) is 44.1 Å². The summed E-state index contributed by atoms with van der Waals surface area (Å²) in [5.74, 6) is -1.44. The second kappa shape index (κ2) is 9.90. The van der Waals surface area contributed by atoms with Crippen molar-refractivity contribution in [3.63, 3.8) is 0 Å². The third-order valence-corrected chi connectivity index (χ3v) is 11.2. The zero-order valence-electron chi connectivity index (χ0n) is 25.5. The Hall–Kier alpha value is -4.21. The van der Waals surface area contributed by atoms with Gasteiger partial charge >= 0.3 is 6.01 Å². The molecule has 9 rings (SSSR count). The van der Waals surface area contributed by atoms with Gasteiger partial charge in [0.05, 0.1) is 21.9 Å². The third-order valence-electron chi connectivity index (χ3n) is 11.2. The Morgan fingerprint density at radius 1 is 1.11 bits per heavy atom. The number of anilines is 1. The number of alkyl halides is 2. The molecule has 5 fully saturated rings. The van der Waals surface area contributed by atoms with Gasteiger partial charge in [-0.1, -0.05) is 12.0 Å². The molecule has 4 saturated heterocycles. The van der Waals surface area contributed by atoms with E-state index in [0.29, 0.717) is 42.6 Å². The maximum absolute atomic E-state index is 16.8. The number of hydrogen-bond donors (Lipinski definition) is 2. The van der Waals surface area contributed by atoms with Crippen LogP contribution in [0.4, 0.5) is 23.4 Å². The smallest absolute Gasteiger partial charge is 0.319 e. The molecular formula is C35H32F4N6O2. The van der Waals surface area contributed by atoms with Gasteiger partial charge in [-0.25, -0.2) is 17.6 Å². The molecule has 1 saturated carbocycles. The zero-order valence-corrected chi connectivity index (χ0v) is 25.5. The van der Waals surface area contributed by atoms with Crippen molar-refractivity contribution in [2.75, 3.05) is 37.7 Å². The fourth-order valence-electron chi connectivity index (χ4n) is 8.89. The van der Waals surface area contributed by atoms with E-state index < -0.39 is 28.5 Å². The number of fused-ring (bicyclic) bond motifs is 5. The van der Waals surface area contributed by atoms with Crippen LogP contribution in [0, 0.1) is 29.4 Å². The number of terminal acetylenes is 1. The highest BCUT2D eigenvalue weighted by Crippen LogP contribution is 2.69. The second-order valence-electron chi connectivity index (χ2n) is 14.1. The average molecular weight is 645 g/mol. The van der Waals surface area contributed by atoms with Gasteiger partial charge in [-0.15, -0.1) is 6.42 Å². The first-order valence-corrected chi connectivity index (χ1v) is 16.1. The minimum atomic E-state index is -2.66. The fourth-order valence-corrected chi connectivity index (χ4v) is 8.89. The molecule has 2 bridgehead atoms. The van der Waals surface area contributed by atoms with E-state index in [1.807, 2.05) is 0 Å². The summed E-state index contributed by atoms with van der Waals surface area (Å²) < 4.78 is 66.9. The van der Waals surface area contributed by atoms with E-state index >= 15 is 4.39 Å². The van der Waals surface area contributed by atoms with Gasteiger partial charge in [-0.3, -0.25) is 9.88 Å². The molecule has 47 heavy (non-hydrogen) atoms. The first-order valence-electron chi connectivity index (χ1n) is 16.1. The summed E-state index contributed by atoms with van der Waals surface area (Å²) in [4.78, 5) is 18.1. The van der Waals surface area contributed by atoms with Gasteiger partial charge in [0.2, 0.25) is 0 Å². The molecule has 1 aliphatic carbocycles. The van der Waals surface area contributed by atoms with Crippen molar-refractivity contribution in [3.8, 4) is 35.4 Å². The summed E-state index contributed by atoms with van der Waals surface area (Å²) in [6.45, 7) is 2.50. The van der Waals surface area contributed by atoms with Gasteiger partial charge in [0, 0.05) is 55.3 Å². The van der Waals surface area contributed by atoms with Crippen LogP contribution < -0.4 is 15.0 Å². The lowest BCUT2D eigenvalue weighted by molar-refractivity contribution is 0.0647. The van der Waals surface area contributed by atoms with E-state index in [9.17, 15) is 18.3 Å². The van der Waals surface area contributed by atoms with Crippen LogP contribution in [0.3, 0.4) is 0 Å². The minimum Gasteiger partial charge on any atom is -0.508 e. The fraction of sp³-hybridized carbons (Fsp3) is 0.457. The van der Waals surface area contributed by atoms with E-state index in [-0.39, 0.29) is 64.6 Å². The van der Waals surface area contributed by atoms with Crippen molar-refractivity contribution in [1.29, 1.82) is 0 Å². The summed E-state index contributed by atoms with van der Waals surface area (Å²) in [6.07, 6.45) is 11.1. The number of phenolic OH excluding ortho intramolecular Hbond substituents is 1. The molecule has 2 aromatic heterocycles. The van der Waals surface area contributed by atoms with Gasteiger partial charge in [-0.2, -0.15) is 9.97 Å². The van der Waals surface area contributed by atoms with Gasteiger partial charge in [0.1, 0.15) is 35.2 Å². The molecule has 12 heteroatoms. The molecule has 1 spiro atoms. The van der Waals surface area contributed by atoms with Gasteiger partial charge in [0.15, 0.2) is 5.82 Å². The minimum absolute atomic E-state index is 0.0460. The van der Waals surface area contributed by atoms with Crippen LogP contribution in [0.2, 0.25) is 0 Å². The van der Waals surface area contributed by atoms with Crippen molar-refractivity contribution in [2.45, 2.75) is 62.1 Å². The van der Waals surface area contributed by atoms with E-state index in [0.717, 1.165) is 32.2 Å². The van der Waals surface area contributed by atoms with E-state index in [4.69, 9.17) is 16.1 Å². The molecule has 6 heterocycles. The summed E-state index contributed by atoms with van der Waals surface area (Å²) in [5, 5.41) is 15.2. The van der Waals surface area contributed by atoms with E-state index in [1.165, 1.54) is 30.5 Å². The largest absolute Gasteiger partial charge is 0.508 e. The number of ether oxygens (including phenoxy) is 1. The molecule has 4 atom stereocenters. The number of aromatic hydroxyl groups is 1. The number of benzene rings is 2. The molecule has 0 unspecified atom stereocenters. The summed E-state index contributed by atoms with van der Waals surface area (Å²) >= 11 is 0. The number of phenols is 1. The highest BCUT2D eigenvalue weighted by Gasteiger charge is 2.77. The Morgan fingerprint density at radius 2 is 1.89 bits per heavy atom. The standard InChI is InChI=1S/C35H32F4N6O2/c1-2-23-26(36)7-4-19-10-22(46)11-24(27(19)23)29-28(37)30-25(12-40-29)31(44-13-20-5-6-21(14-44)41-20)43-32(42-30)47-18-34-8-3-9-45(34)17-33(15-34)16-35(33,38)39/h1,4,7,10-12,20-21,41,46H,3,5-6,8-9,13-18H2/t20-,21+,33-,34-/m1/s1. The Kier molecular flexibility index (Phi) is 6.10. The van der Waals surface area contributed by atoms with Crippen molar-refractivity contribution < 1.29 is 27.4 Å². The molecule has 242 valence electrons. The summed E-state index contributed by atoms with van der Waals surface area (Å²) in [7, 11) is 0.